The zero-order valence-electron chi connectivity index (χ0n) is 11.1. The third-order valence-corrected chi connectivity index (χ3v) is 2.80. The SMILES string of the molecule is CCn1ccc(CNC(=O)c2ccccc2OC)n1. The van der Waals surface area contributed by atoms with Crippen molar-refractivity contribution in [1.29, 1.82) is 0 Å². The van der Waals surface area contributed by atoms with Gasteiger partial charge in [0.25, 0.3) is 5.91 Å². The molecule has 1 N–H and O–H groups in total. The lowest BCUT2D eigenvalue weighted by atomic mass is 10.2. The predicted octanol–water partition coefficient (Wildman–Crippen LogP) is 1.84. The van der Waals surface area contributed by atoms with Crippen LogP contribution in [0.1, 0.15) is 23.0 Å². The molecule has 0 atom stereocenters. The lowest BCUT2D eigenvalue weighted by molar-refractivity contribution is 0.0947. The van der Waals surface area contributed by atoms with E-state index in [1.54, 1.807) is 19.2 Å². The van der Waals surface area contributed by atoms with Gasteiger partial charge in [0, 0.05) is 12.7 Å². The Morgan fingerprint density at radius 2 is 2.16 bits per heavy atom. The number of amides is 1. The minimum atomic E-state index is -0.163. The van der Waals surface area contributed by atoms with Gasteiger partial charge >= 0.3 is 0 Å². The first-order valence-electron chi connectivity index (χ1n) is 6.18. The number of para-hydroxylation sites is 1. The molecule has 1 amide bonds. The Labute approximate surface area is 112 Å². The first-order valence-corrected chi connectivity index (χ1v) is 6.18. The van der Waals surface area contributed by atoms with E-state index < -0.39 is 0 Å². The normalized spacial score (nSPS) is 10.2. The number of aryl methyl sites for hydroxylation is 1. The van der Waals surface area contributed by atoms with Crippen LogP contribution >= 0.6 is 0 Å². The summed E-state index contributed by atoms with van der Waals surface area (Å²) in [5.41, 5.74) is 1.37. The standard InChI is InChI=1S/C14H17N3O2/c1-3-17-9-8-11(16-17)10-15-14(18)12-6-4-5-7-13(12)19-2/h4-9H,3,10H2,1-2H3,(H,15,18). The van der Waals surface area contributed by atoms with E-state index in [1.165, 1.54) is 0 Å². The van der Waals surface area contributed by atoms with Crippen LogP contribution in [0.15, 0.2) is 36.5 Å². The van der Waals surface area contributed by atoms with Gasteiger partial charge in [-0.05, 0) is 25.1 Å². The molecule has 1 aromatic carbocycles. The molecule has 5 nitrogen and oxygen atoms in total. The number of hydrogen-bond acceptors (Lipinski definition) is 3. The van der Waals surface area contributed by atoms with E-state index in [0.717, 1.165) is 12.2 Å². The van der Waals surface area contributed by atoms with Gasteiger partial charge in [-0.25, -0.2) is 0 Å². The number of methoxy groups -OCH3 is 1. The van der Waals surface area contributed by atoms with E-state index in [1.807, 2.05) is 36.0 Å². The van der Waals surface area contributed by atoms with Crippen LogP contribution in [0.3, 0.4) is 0 Å². The number of rotatable bonds is 5. The molecule has 0 bridgehead atoms. The van der Waals surface area contributed by atoms with Gasteiger partial charge in [0.05, 0.1) is 24.9 Å². The molecular weight excluding hydrogens is 242 g/mol. The van der Waals surface area contributed by atoms with Gasteiger partial charge in [-0.1, -0.05) is 12.1 Å². The maximum atomic E-state index is 12.0. The van der Waals surface area contributed by atoms with Crippen LogP contribution < -0.4 is 10.1 Å². The van der Waals surface area contributed by atoms with Crippen molar-refractivity contribution in [2.24, 2.45) is 0 Å². The van der Waals surface area contributed by atoms with Crippen LogP contribution in [0.5, 0.6) is 5.75 Å². The van der Waals surface area contributed by atoms with E-state index in [2.05, 4.69) is 10.4 Å². The summed E-state index contributed by atoms with van der Waals surface area (Å²) in [4.78, 5) is 12.0. The zero-order valence-corrected chi connectivity index (χ0v) is 11.1. The summed E-state index contributed by atoms with van der Waals surface area (Å²) >= 11 is 0. The molecule has 0 aliphatic rings. The van der Waals surface area contributed by atoms with E-state index in [4.69, 9.17) is 4.74 Å². The first kappa shape index (κ1) is 13.1. The smallest absolute Gasteiger partial charge is 0.255 e. The Morgan fingerprint density at radius 1 is 1.37 bits per heavy atom. The summed E-state index contributed by atoms with van der Waals surface area (Å²) in [7, 11) is 1.55. The van der Waals surface area contributed by atoms with Gasteiger partial charge < -0.3 is 10.1 Å². The van der Waals surface area contributed by atoms with Crippen molar-refractivity contribution in [1.82, 2.24) is 15.1 Å². The Kier molecular flexibility index (Phi) is 4.18. The highest BCUT2D eigenvalue weighted by Crippen LogP contribution is 2.16. The third-order valence-electron chi connectivity index (χ3n) is 2.80. The van der Waals surface area contributed by atoms with E-state index in [9.17, 15) is 4.79 Å². The average Bonchev–Trinajstić information content (AvgIpc) is 2.92. The summed E-state index contributed by atoms with van der Waals surface area (Å²) in [5, 5.41) is 7.14. The number of benzene rings is 1. The van der Waals surface area contributed by atoms with E-state index >= 15 is 0 Å². The summed E-state index contributed by atoms with van der Waals surface area (Å²) in [6.07, 6.45) is 1.89. The number of nitrogens with one attached hydrogen (secondary N) is 1. The molecule has 0 fully saturated rings. The highest BCUT2D eigenvalue weighted by molar-refractivity contribution is 5.96. The van der Waals surface area contributed by atoms with Crippen LogP contribution in [0.4, 0.5) is 0 Å². The number of hydrogen-bond donors (Lipinski definition) is 1. The van der Waals surface area contributed by atoms with Gasteiger partial charge in [-0.15, -0.1) is 0 Å². The van der Waals surface area contributed by atoms with Crippen molar-refractivity contribution in [2.45, 2.75) is 20.0 Å². The average molecular weight is 259 g/mol. The van der Waals surface area contributed by atoms with Crippen LogP contribution in [-0.4, -0.2) is 22.8 Å². The molecule has 0 spiro atoms. The van der Waals surface area contributed by atoms with Gasteiger partial charge in [-0.3, -0.25) is 9.48 Å². The van der Waals surface area contributed by atoms with Crippen molar-refractivity contribution < 1.29 is 9.53 Å². The molecule has 1 heterocycles. The molecule has 0 saturated carbocycles. The van der Waals surface area contributed by atoms with Crippen LogP contribution in [-0.2, 0) is 13.1 Å². The fraction of sp³-hybridized carbons (Fsp3) is 0.286. The molecule has 19 heavy (non-hydrogen) atoms. The molecular formula is C14H17N3O2. The molecule has 2 aromatic rings. The van der Waals surface area contributed by atoms with Gasteiger partial charge in [0.1, 0.15) is 5.75 Å². The second-order valence-electron chi connectivity index (χ2n) is 4.05. The van der Waals surface area contributed by atoms with Crippen molar-refractivity contribution >= 4 is 5.91 Å². The van der Waals surface area contributed by atoms with Crippen LogP contribution in [0.2, 0.25) is 0 Å². The second kappa shape index (κ2) is 6.04. The van der Waals surface area contributed by atoms with Gasteiger partial charge in [0.2, 0.25) is 0 Å². The minimum absolute atomic E-state index is 0.163. The lowest BCUT2D eigenvalue weighted by Gasteiger charge is -2.08. The number of carbonyl (C=O) groups is 1. The molecule has 0 aliphatic carbocycles. The number of nitrogens with zero attached hydrogens (tertiary/aromatic N) is 2. The van der Waals surface area contributed by atoms with Crippen molar-refractivity contribution in [2.75, 3.05) is 7.11 Å². The third kappa shape index (κ3) is 3.13. The lowest BCUT2D eigenvalue weighted by Crippen LogP contribution is -2.23. The Balaban J connectivity index is 2.01. The fourth-order valence-corrected chi connectivity index (χ4v) is 1.77. The first-order chi connectivity index (χ1) is 9.24. The number of ether oxygens (including phenoxy) is 1. The molecule has 2 rings (SSSR count). The largest absolute Gasteiger partial charge is 0.496 e. The van der Waals surface area contributed by atoms with Gasteiger partial charge in [-0.2, -0.15) is 5.10 Å². The van der Waals surface area contributed by atoms with E-state index in [0.29, 0.717) is 17.9 Å². The second-order valence-corrected chi connectivity index (χ2v) is 4.05. The summed E-state index contributed by atoms with van der Waals surface area (Å²) < 4.78 is 6.98. The Bertz CT molecular complexity index is 563. The number of carbonyl (C=O) groups excluding carboxylic acids is 1. The predicted molar refractivity (Wildman–Crippen MR) is 72.1 cm³/mol. The van der Waals surface area contributed by atoms with E-state index in [-0.39, 0.29) is 5.91 Å². The fourth-order valence-electron chi connectivity index (χ4n) is 1.77. The Morgan fingerprint density at radius 3 is 2.84 bits per heavy atom. The maximum absolute atomic E-state index is 12.0. The molecule has 1 aromatic heterocycles. The molecule has 0 aliphatic heterocycles. The maximum Gasteiger partial charge on any atom is 0.255 e. The molecule has 0 saturated heterocycles. The highest BCUT2D eigenvalue weighted by Gasteiger charge is 2.11. The quantitative estimate of drug-likeness (QED) is 0.891. The molecule has 100 valence electrons. The summed E-state index contributed by atoms with van der Waals surface area (Å²) in [6, 6.07) is 9.04. The van der Waals surface area contributed by atoms with Crippen molar-refractivity contribution in [3.05, 3.63) is 47.8 Å². The van der Waals surface area contributed by atoms with Crippen LogP contribution in [0, 0.1) is 0 Å². The highest BCUT2D eigenvalue weighted by atomic mass is 16.5. The number of aromatic nitrogens is 2. The molecule has 0 unspecified atom stereocenters. The topological polar surface area (TPSA) is 56.2 Å². The van der Waals surface area contributed by atoms with Gasteiger partial charge in [0.15, 0.2) is 0 Å². The minimum Gasteiger partial charge on any atom is -0.496 e. The van der Waals surface area contributed by atoms with Crippen molar-refractivity contribution in [3.63, 3.8) is 0 Å². The van der Waals surface area contributed by atoms with Crippen LogP contribution in [0.25, 0.3) is 0 Å². The summed E-state index contributed by atoms with van der Waals surface area (Å²) in [5.74, 6) is 0.405. The summed E-state index contributed by atoms with van der Waals surface area (Å²) in [6.45, 7) is 3.24. The zero-order chi connectivity index (χ0) is 13.7. The van der Waals surface area contributed by atoms with Crippen molar-refractivity contribution in [3.8, 4) is 5.75 Å². The molecule has 5 heteroatoms. The Hall–Kier alpha value is -2.30. The monoisotopic (exact) mass is 259 g/mol. The molecule has 0 radical (unpaired) electrons.